The van der Waals surface area contributed by atoms with Crippen LogP contribution in [-0.4, -0.2) is 42.6 Å². The highest BCUT2D eigenvalue weighted by molar-refractivity contribution is 4.61. The maximum absolute atomic E-state index is 9.84. The van der Waals surface area contributed by atoms with Crippen LogP contribution in [0.25, 0.3) is 0 Å². The first-order chi connectivity index (χ1) is 4.35. The summed E-state index contributed by atoms with van der Waals surface area (Å²) >= 11 is 0. The molecule has 0 aromatic carbocycles. The fraction of sp³-hybridized carbons (Fsp3) is 1.00. The Balaban J connectivity index is 3.09. The Kier molecular flexibility index (Phi) is 5.86. The zero-order chi connectivity index (χ0) is 7.11. The van der Waals surface area contributed by atoms with Crippen molar-refractivity contribution in [3.63, 3.8) is 0 Å². The molecular weight excluding hydrogens is 122 g/mol. The molecule has 0 aliphatic carbocycles. The van der Waals surface area contributed by atoms with Crippen LogP contribution in [0.3, 0.4) is 0 Å². The van der Waals surface area contributed by atoms with E-state index < -0.39 is 0 Å². The van der Waals surface area contributed by atoms with Gasteiger partial charge in [0.2, 0.25) is 0 Å². The van der Waals surface area contributed by atoms with Crippen LogP contribution in [0.5, 0.6) is 0 Å². The molecule has 0 amide bonds. The number of hydrogen-bond acceptors (Lipinski definition) is 3. The van der Waals surface area contributed by atoms with Crippen LogP contribution in [-0.2, 0) is 5.11 Å². The first kappa shape index (κ1) is 8.84. The SMILES string of the molecule is [O]CCNC(CO)CO. The molecule has 3 N–H and O–H groups in total. The summed E-state index contributed by atoms with van der Waals surface area (Å²) in [4.78, 5) is 0. The second-order valence-electron chi connectivity index (χ2n) is 1.72. The van der Waals surface area contributed by atoms with E-state index in [0.29, 0.717) is 6.54 Å². The Morgan fingerprint density at radius 1 is 1.33 bits per heavy atom. The Labute approximate surface area is 54.1 Å². The van der Waals surface area contributed by atoms with E-state index in [4.69, 9.17) is 10.2 Å². The molecule has 4 nitrogen and oxygen atoms in total. The minimum absolute atomic E-state index is 0.128. The van der Waals surface area contributed by atoms with Crippen molar-refractivity contribution >= 4 is 0 Å². The van der Waals surface area contributed by atoms with Crippen LogP contribution >= 0.6 is 0 Å². The van der Waals surface area contributed by atoms with Gasteiger partial charge in [0.05, 0.1) is 25.9 Å². The third-order valence-electron chi connectivity index (χ3n) is 0.976. The molecule has 0 aromatic rings. The van der Waals surface area contributed by atoms with Gasteiger partial charge in [0.15, 0.2) is 0 Å². The lowest BCUT2D eigenvalue weighted by atomic mass is 10.3. The summed E-state index contributed by atoms with van der Waals surface area (Å²) in [7, 11) is 0. The minimum atomic E-state index is -0.334. The van der Waals surface area contributed by atoms with Crippen molar-refractivity contribution in [1.82, 2.24) is 5.32 Å². The number of rotatable bonds is 5. The average molecular weight is 134 g/mol. The molecule has 0 aromatic heterocycles. The topological polar surface area (TPSA) is 72.4 Å². The number of aliphatic hydroxyl groups excluding tert-OH is 2. The number of aliphatic hydroxyl groups is 2. The zero-order valence-electron chi connectivity index (χ0n) is 5.21. The Morgan fingerprint density at radius 3 is 2.22 bits per heavy atom. The lowest BCUT2D eigenvalue weighted by Crippen LogP contribution is -2.37. The largest absolute Gasteiger partial charge is 0.395 e. The molecule has 0 rings (SSSR count). The van der Waals surface area contributed by atoms with E-state index in [1.807, 2.05) is 0 Å². The summed E-state index contributed by atoms with van der Waals surface area (Å²) in [6.45, 7) is -0.185. The Bertz CT molecular complexity index is 56.2. The summed E-state index contributed by atoms with van der Waals surface area (Å²) in [5.41, 5.74) is 0. The molecule has 0 aliphatic rings. The van der Waals surface area contributed by atoms with E-state index in [1.54, 1.807) is 0 Å². The monoisotopic (exact) mass is 134 g/mol. The maximum Gasteiger partial charge on any atom is 0.0946 e. The van der Waals surface area contributed by atoms with Gasteiger partial charge in [-0.1, -0.05) is 0 Å². The van der Waals surface area contributed by atoms with Gasteiger partial charge < -0.3 is 15.5 Å². The van der Waals surface area contributed by atoms with E-state index in [0.717, 1.165) is 0 Å². The van der Waals surface area contributed by atoms with Crippen LogP contribution in [0.15, 0.2) is 0 Å². The molecule has 4 heteroatoms. The van der Waals surface area contributed by atoms with Gasteiger partial charge in [-0.15, -0.1) is 0 Å². The molecule has 0 aliphatic heterocycles. The van der Waals surface area contributed by atoms with Crippen molar-refractivity contribution in [2.24, 2.45) is 0 Å². The molecular formula is C5H12NO3. The first-order valence-corrected chi connectivity index (χ1v) is 2.88. The van der Waals surface area contributed by atoms with Gasteiger partial charge in [0, 0.05) is 6.54 Å². The van der Waals surface area contributed by atoms with Gasteiger partial charge in [0.1, 0.15) is 0 Å². The minimum Gasteiger partial charge on any atom is -0.395 e. The van der Waals surface area contributed by atoms with Gasteiger partial charge in [-0.3, -0.25) is 0 Å². The molecule has 0 fully saturated rings. The number of hydrogen-bond donors (Lipinski definition) is 3. The molecule has 0 saturated carbocycles. The number of nitrogens with one attached hydrogen (secondary N) is 1. The van der Waals surface area contributed by atoms with Gasteiger partial charge in [0.25, 0.3) is 0 Å². The van der Waals surface area contributed by atoms with E-state index in [-0.39, 0.29) is 25.9 Å². The van der Waals surface area contributed by atoms with Crippen molar-refractivity contribution in [3.05, 3.63) is 0 Å². The predicted octanol–water partition coefficient (Wildman–Crippen LogP) is -1.64. The summed E-state index contributed by atoms with van der Waals surface area (Å²) < 4.78 is 0. The maximum atomic E-state index is 9.84. The first-order valence-electron chi connectivity index (χ1n) is 2.88. The Hall–Kier alpha value is -0.160. The van der Waals surface area contributed by atoms with Crippen molar-refractivity contribution in [3.8, 4) is 0 Å². The summed E-state index contributed by atoms with van der Waals surface area (Å²) in [6, 6.07) is -0.334. The molecule has 9 heavy (non-hydrogen) atoms. The lowest BCUT2D eigenvalue weighted by molar-refractivity contribution is 0.149. The smallest absolute Gasteiger partial charge is 0.0946 e. The molecule has 0 unspecified atom stereocenters. The van der Waals surface area contributed by atoms with Crippen LogP contribution in [0.4, 0.5) is 0 Å². The standard InChI is InChI=1S/C5H12NO3/c7-2-1-6-5(3-8)4-9/h5-6,8-9H,1-4H2. The van der Waals surface area contributed by atoms with Crippen LogP contribution < -0.4 is 5.32 Å². The zero-order valence-corrected chi connectivity index (χ0v) is 5.21. The summed E-state index contributed by atoms with van der Waals surface area (Å²) in [6.07, 6.45) is 0. The van der Waals surface area contributed by atoms with Gasteiger partial charge in [-0.05, 0) is 0 Å². The van der Waals surface area contributed by atoms with E-state index in [9.17, 15) is 5.11 Å². The normalized spacial score (nSPS) is 10.7. The van der Waals surface area contributed by atoms with Gasteiger partial charge in [-0.2, -0.15) is 0 Å². The van der Waals surface area contributed by atoms with Gasteiger partial charge in [-0.25, -0.2) is 5.11 Å². The third kappa shape index (κ3) is 4.35. The second kappa shape index (κ2) is 5.97. The highest BCUT2D eigenvalue weighted by Gasteiger charge is 2.01. The van der Waals surface area contributed by atoms with Crippen LogP contribution in [0.2, 0.25) is 0 Å². The molecule has 1 radical (unpaired) electrons. The molecule has 0 bridgehead atoms. The fourth-order valence-electron chi connectivity index (χ4n) is 0.450. The Morgan fingerprint density at radius 2 is 1.89 bits per heavy atom. The predicted molar refractivity (Wildman–Crippen MR) is 31.5 cm³/mol. The highest BCUT2D eigenvalue weighted by Crippen LogP contribution is 1.76. The fourth-order valence-corrected chi connectivity index (χ4v) is 0.450. The van der Waals surface area contributed by atoms with E-state index in [2.05, 4.69) is 5.32 Å². The third-order valence-corrected chi connectivity index (χ3v) is 0.976. The van der Waals surface area contributed by atoms with Crippen molar-refractivity contribution in [1.29, 1.82) is 0 Å². The molecule has 0 atom stereocenters. The molecule has 55 valence electrons. The van der Waals surface area contributed by atoms with Crippen LogP contribution in [0, 0.1) is 0 Å². The van der Waals surface area contributed by atoms with Gasteiger partial charge >= 0.3 is 0 Å². The van der Waals surface area contributed by atoms with Crippen molar-refractivity contribution in [2.75, 3.05) is 26.4 Å². The van der Waals surface area contributed by atoms with Crippen LogP contribution in [0.1, 0.15) is 0 Å². The highest BCUT2D eigenvalue weighted by atomic mass is 16.3. The lowest BCUT2D eigenvalue weighted by Gasteiger charge is -2.10. The van der Waals surface area contributed by atoms with Crippen molar-refractivity contribution in [2.45, 2.75) is 6.04 Å². The molecule has 0 spiro atoms. The van der Waals surface area contributed by atoms with Crippen molar-refractivity contribution < 1.29 is 15.3 Å². The summed E-state index contributed by atoms with van der Waals surface area (Å²) in [5, 5.41) is 29.4. The average Bonchev–Trinajstić information content (AvgIpc) is 1.91. The second-order valence-corrected chi connectivity index (χ2v) is 1.72. The molecule has 0 saturated heterocycles. The summed E-state index contributed by atoms with van der Waals surface area (Å²) in [5.74, 6) is 0. The quantitative estimate of drug-likeness (QED) is 0.422. The van der Waals surface area contributed by atoms with E-state index >= 15 is 0 Å². The van der Waals surface area contributed by atoms with E-state index in [1.165, 1.54) is 0 Å². The molecule has 0 heterocycles.